The summed E-state index contributed by atoms with van der Waals surface area (Å²) in [4.78, 5) is 51.0. The number of amides is 2. The summed E-state index contributed by atoms with van der Waals surface area (Å²) in [5.41, 5.74) is 2.40. The molecule has 0 bridgehead atoms. The van der Waals surface area contributed by atoms with E-state index in [9.17, 15) is 24.5 Å². The predicted octanol–water partition coefficient (Wildman–Crippen LogP) is 5.65. The average molecular weight is 492 g/mol. The highest BCUT2D eigenvalue weighted by Gasteiger charge is 2.38. The molecule has 37 heavy (non-hydrogen) atoms. The molecule has 0 spiro atoms. The van der Waals surface area contributed by atoms with Gasteiger partial charge in [0.25, 0.3) is 17.5 Å². The minimum atomic E-state index is -0.667. The topological polar surface area (TPSA) is 107 Å². The number of fused-ring (bicyclic) bond motifs is 1. The summed E-state index contributed by atoms with van der Waals surface area (Å²) in [6, 6.07) is 26.7. The van der Waals surface area contributed by atoms with E-state index in [1.54, 1.807) is 6.92 Å². The van der Waals surface area contributed by atoms with Crippen molar-refractivity contribution in [3.63, 3.8) is 0 Å². The molecule has 8 heteroatoms. The molecule has 0 saturated carbocycles. The Labute approximate surface area is 211 Å². The first-order valence-corrected chi connectivity index (χ1v) is 11.4. The molecule has 2 amide bonds. The van der Waals surface area contributed by atoms with Gasteiger partial charge in [-0.2, -0.15) is 0 Å². The van der Waals surface area contributed by atoms with Gasteiger partial charge in [-0.3, -0.25) is 19.7 Å². The zero-order valence-electron chi connectivity index (χ0n) is 19.7. The number of non-ortho nitro benzene ring substituents is 1. The number of benzene rings is 4. The number of aryl methyl sites for hydroxylation is 1. The first-order valence-electron chi connectivity index (χ1n) is 11.4. The van der Waals surface area contributed by atoms with E-state index in [4.69, 9.17) is 4.74 Å². The molecule has 5 rings (SSSR count). The minimum Gasteiger partial charge on any atom is -0.449 e. The molecule has 0 radical (unpaired) electrons. The van der Waals surface area contributed by atoms with E-state index in [0.717, 1.165) is 16.0 Å². The Morgan fingerprint density at radius 3 is 1.97 bits per heavy atom. The van der Waals surface area contributed by atoms with Crippen LogP contribution in [-0.2, 0) is 4.74 Å². The first-order chi connectivity index (χ1) is 17.8. The lowest BCUT2D eigenvalue weighted by Gasteiger charge is -2.19. The molecule has 0 aliphatic carbocycles. The minimum absolute atomic E-state index is 0.0631. The third-order valence-corrected chi connectivity index (χ3v) is 6.18. The highest BCUT2D eigenvalue weighted by molar-refractivity contribution is 6.35. The Balaban J connectivity index is 1.45. The third kappa shape index (κ3) is 4.36. The molecule has 4 aromatic rings. The van der Waals surface area contributed by atoms with Gasteiger partial charge in [0.05, 0.1) is 27.3 Å². The summed E-state index contributed by atoms with van der Waals surface area (Å²) in [6.07, 6.45) is -0.667. The van der Waals surface area contributed by atoms with E-state index >= 15 is 0 Å². The number of nitro groups is 1. The smallest absolute Gasteiger partial charge is 0.339 e. The van der Waals surface area contributed by atoms with Crippen molar-refractivity contribution in [1.29, 1.82) is 0 Å². The number of imide groups is 1. The molecule has 1 aliphatic heterocycles. The number of carbonyl (C=O) groups excluding carboxylic acids is 3. The third-order valence-electron chi connectivity index (χ3n) is 6.18. The molecule has 0 aromatic heterocycles. The average Bonchev–Trinajstić information content (AvgIpc) is 3.17. The summed E-state index contributed by atoms with van der Waals surface area (Å²) >= 11 is 0. The summed E-state index contributed by atoms with van der Waals surface area (Å²) in [5.74, 6) is -1.83. The van der Waals surface area contributed by atoms with Crippen LogP contribution < -0.4 is 4.90 Å². The van der Waals surface area contributed by atoms with Crippen LogP contribution in [-0.4, -0.2) is 22.7 Å². The normalized spacial score (nSPS) is 12.5. The van der Waals surface area contributed by atoms with Gasteiger partial charge in [0.2, 0.25) is 0 Å². The van der Waals surface area contributed by atoms with E-state index in [1.165, 1.54) is 36.4 Å². The van der Waals surface area contributed by atoms with Crippen molar-refractivity contribution >= 4 is 29.2 Å². The molecule has 182 valence electrons. The van der Waals surface area contributed by atoms with Gasteiger partial charge in [-0.15, -0.1) is 0 Å². The standard InChI is InChI=1S/C29H20N2O6/c1-18-16-22(31(35)36)13-15-25(18)30-27(32)23-14-12-21(17-24(23)28(30)33)29(34)37-26(19-8-4-2-5-9-19)20-10-6-3-7-11-20/h2-17,26H,1H3. The second-order valence-corrected chi connectivity index (χ2v) is 8.54. The fourth-order valence-corrected chi connectivity index (χ4v) is 4.35. The summed E-state index contributed by atoms with van der Waals surface area (Å²) in [7, 11) is 0. The van der Waals surface area contributed by atoms with Gasteiger partial charge in [0.1, 0.15) is 0 Å². The highest BCUT2D eigenvalue weighted by Crippen LogP contribution is 2.33. The number of anilines is 1. The monoisotopic (exact) mass is 492 g/mol. The van der Waals surface area contributed by atoms with Gasteiger partial charge in [-0.05, 0) is 47.9 Å². The van der Waals surface area contributed by atoms with Gasteiger partial charge in [-0.1, -0.05) is 60.7 Å². The summed E-state index contributed by atoms with van der Waals surface area (Å²) < 4.78 is 5.88. The van der Waals surface area contributed by atoms with Crippen LogP contribution in [0.2, 0.25) is 0 Å². The van der Waals surface area contributed by atoms with Crippen LogP contribution in [0.1, 0.15) is 53.9 Å². The largest absolute Gasteiger partial charge is 0.449 e. The fraction of sp³-hybridized carbons (Fsp3) is 0.0690. The van der Waals surface area contributed by atoms with Crippen LogP contribution in [0.5, 0.6) is 0 Å². The van der Waals surface area contributed by atoms with Gasteiger partial charge < -0.3 is 4.74 Å². The first kappa shape index (κ1) is 23.6. The number of carbonyl (C=O) groups is 3. The Morgan fingerprint density at radius 1 is 0.811 bits per heavy atom. The van der Waals surface area contributed by atoms with Gasteiger partial charge in [-0.25, -0.2) is 9.69 Å². The van der Waals surface area contributed by atoms with Crippen molar-refractivity contribution in [2.75, 3.05) is 4.90 Å². The van der Waals surface area contributed by atoms with Crippen LogP contribution in [0.15, 0.2) is 97.1 Å². The molecule has 1 aliphatic rings. The molecule has 0 unspecified atom stereocenters. The molecule has 0 N–H and O–H groups in total. The number of hydrogen-bond acceptors (Lipinski definition) is 6. The lowest BCUT2D eigenvalue weighted by Crippen LogP contribution is -2.30. The molecule has 0 atom stereocenters. The van der Waals surface area contributed by atoms with Crippen LogP contribution in [0.4, 0.5) is 11.4 Å². The maximum Gasteiger partial charge on any atom is 0.339 e. The van der Waals surface area contributed by atoms with E-state index in [1.807, 2.05) is 60.7 Å². The number of nitro benzene ring substituents is 1. The fourth-order valence-electron chi connectivity index (χ4n) is 4.35. The zero-order valence-corrected chi connectivity index (χ0v) is 19.7. The quantitative estimate of drug-likeness (QED) is 0.149. The van der Waals surface area contributed by atoms with Crippen LogP contribution >= 0.6 is 0 Å². The summed E-state index contributed by atoms with van der Waals surface area (Å²) in [5, 5.41) is 11.1. The van der Waals surface area contributed by atoms with Crippen molar-refractivity contribution in [1.82, 2.24) is 0 Å². The SMILES string of the molecule is Cc1cc([N+](=O)[O-])ccc1N1C(=O)c2ccc(C(=O)OC(c3ccccc3)c3ccccc3)cc2C1=O. The molecule has 8 nitrogen and oxygen atoms in total. The number of ether oxygens (including phenoxy) is 1. The van der Waals surface area contributed by atoms with E-state index in [2.05, 4.69) is 0 Å². The predicted molar refractivity (Wildman–Crippen MR) is 136 cm³/mol. The maximum absolute atomic E-state index is 13.2. The van der Waals surface area contributed by atoms with Gasteiger partial charge >= 0.3 is 5.97 Å². The van der Waals surface area contributed by atoms with Crippen LogP contribution in [0, 0.1) is 17.0 Å². The zero-order chi connectivity index (χ0) is 26.1. The highest BCUT2D eigenvalue weighted by atomic mass is 16.6. The second kappa shape index (κ2) is 9.50. The van der Waals surface area contributed by atoms with E-state index < -0.39 is 28.8 Å². The number of hydrogen-bond donors (Lipinski definition) is 0. The Bertz CT molecular complexity index is 1510. The van der Waals surface area contributed by atoms with Gasteiger partial charge in [0, 0.05) is 12.1 Å². The molecule has 0 fully saturated rings. The Hall–Kier alpha value is -5.11. The van der Waals surface area contributed by atoms with Crippen molar-refractivity contribution in [2.24, 2.45) is 0 Å². The van der Waals surface area contributed by atoms with Crippen molar-refractivity contribution in [3.05, 3.63) is 141 Å². The Morgan fingerprint density at radius 2 is 1.41 bits per heavy atom. The molecule has 1 heterocycles. The second-order valence-electron chi connectivity index (χ2n) is 8.54. The van der Waals surface area contributed by atoms with E-state index in [0.29, 0.717) is 5.56 Å². The van der Waals surface area contributed by atoms with Crippen molar-refractivity contribution < 1.29 is 24.0 Å². The maximum atomic E-state index is 13.2. The van der Waals surface area contributed by atoms with Crippen LogP contribution in [0.3, 0.4) is 0 Å². The lowest BCUT2D eigenvalue weighted by molar-refractivity contribution is -0.384. The summed E-state index contributed by atoms with van der Waals surface area (Å²) in [6.45, 7) is 1.59. The molecular weight excluding hydrogens is 472 g/mol. The number of rotatable bonds is 6. The number of esters is 1. The van der Waals surface area contributed by atoms with Crippen LogP contribution in [0.25, 0.3) is 0 Å². The van der Waals surface area contributed by atoms with Crippen molar-refractivity contribution in [2.45, 2.75) is 13.0 Å². The molecule has 0 saturated heterocycles. The van der Waals surface area contributed by atoms with E-state index in [-0.39, 0.29) is 28.1 Å². The lowest BCUT2D eigenvalue weighted by atomic mass is 10.0. The Kier molecular flexibility index (Phi) is 6.07. The van der Waals surface area contributed by atoms with Gasteiger partial charge in [0.15, 0.2) is 6.10 Å². The molecular formula is C29H20N2O6. The molecule has 4 aromatic carbocycles. The number of nitrogens with zero attached hydrogens (tertiary/aromatic N) is 2. The van der Waals surface area contributed by atoms with Crippen molar-refractivity contribution in [3.8, 4) is 0 Å².